The second-order valence-corrected chi connectivity index (χ2v) is 5.38. The van der Waals surface area contributed by atoms with Gasteiger partial charge in [0.05, 0.1) is 13.3 Å². The summed E-state index contributed by atoms with van der Waals surface area (Å²) in [7, 11) is 1.71. The van der Waals surface area contributed by atoms with Crippen LogP contribution in [0.15, 0.2) is 30.5 Å². The van der Waals surface area contributed by atoms with Gasteiger partial charge in [-0.3, -0.25) is 5.10 Å². The highest BCUT2D eigenvalue weighted by Gasteiger charge is 2.18. The molecule has 4 heteroatoms. The first-order valence-electron chi connectivity index (χ1n) is 7.25. The molecule has 4 nitrogen and oxygen atoms in total. The summed E-state index contributed by atoms with van der Waals surface area (Å²) >= 11 is 0. The lowest BCUT2D eigenvalue weighted by molar-refractivity contribution is 0.373. The average molecular weight is 271 g/mol. The monoisotopic (exact) mass is 271 g/mol. The number of benzene rings is 1. The predicted octanol–water partition coefficient (Wildman–Crippen LogP) is 2.63. The highest BCUT2D eigenvalue weighted by Crippen LogP contribution is 2.32. The minimum absolute atomic E-state index is 0.692. The van der Waals surface area contributed by atoms with E-state index in [4.69, 9.17) is 4.74 Å². The number of nitrogens with one attached hydrogen (secondary N) is 2. The molecule has 1 saturated heterocycles. The molecule has 0 spiro atoms. The molecule has 106 valence electrons. The fourth-order valence-electron chi connectivity index (χ4n) is 2.95. The Kier molecular flexibility index (Phi) is 4.02. The largest absolute Gasteiger partial charge is 0.496 e. The van der Waals surface area contributed by atoms with E-state index in [9.17, 15) is 0 Å². The molecule has 2 heterocycles. The van der Waals surface area contributed by atoms with Crippen molar-refractivity contribution in [1.82, 2.24) is 15.5 Å². The Morgan fingerprint density at radius 2 is 2.20 bits per heavy atom. The number of para-hydroxylation sites is 1. The Bertz CT molecular complexity index is 558. The highest BCUT2D eigenvalue weighted by molar-refractivity contribution is 5.71. The molecule has 2 aromatic rings. The normalized spacial score (nSPS) is 18.9. The topological polar surface area (TPSA) is 49.9 Å². The van der Waals surface area contributed by atoms with E-state index < -0.39 is 0 Å². The van der Waals surface area contributed by atoms with Crippen LogP contribution in [-0.4, -0.2) is 30.4 Å². The fourth-order valence-corrected chi connectivity index (χ4v) is 2.95. The Morgan fingerprint density at radius 3 is 3.00 bits per heavy atom. The van der Waals surface area contributed by atoms with E-state index in [1.54, 1.807) is 7.11 Å². The SMILES string of the molecule is COc1ccccc1-c1cn[nH]c1CC1CCCNC1. The summed E-state index contributed by atoms with van der Waals surface area (Å²) in [6.45, 7) is 2.25. The molecule has 0 saturated carbocycles. The maximum absolute atomic E-state index is 5.46. The summed E-state index contributed by atoms with van der Waals surface area (Å²) in [6.07, 6.45) is 5.50. The number of ether oxygens (including phenoxy) is 1. The highest BCUT2D eigenvalue weighted by atomic mass is 16.5. The van der Waals surface area contributed by atoms with Gasteiger partial charge in [-0.05, 0) is 44.3 Å². The van der Waals surface area contributed by atoms with E-state index in [0.717, 1.165) is 36.4 Å². The van der Waals surface area contributed by atoms with Gasteiger partial charge in [-0.25, -0.2) is 0 Å². The summed E-state index contributed by atoms with van der Waals surface area (Å²) in [6, 6.07) is 8.12. The number of aromatic amines is 1. The van der Waals surface area contributed by atoms with Crippen LogP contribution in [0.4, 0.5) is 0 Å². The number of piperidine rings is 1. The van der Waals surface area contributed by atoms with E-state index in [2.05, 4.69) is 21.6 Å². The molecule has 20 heavy (non-hydrogen) atoms. The number of hydrogen-bond donors (Lipinski definition) is 2. The Hall–Kier alpha value is -1.81. The molecule has 3 rings (SSSR count). The van der Waals surface area contributed by atoms with Crippen molar-refractivity contribution in [1.29, 1.82) is 0 Å². The molecule has 1 unspecified atom stereocenters. The second kappa shape index (κ2) is 6.09. The first-order chi connectivity index (χ1) is 9.88. The number of aromatic nitrogens is 2. The van der Waals surface area contributed by atoms with Gasteiger partial charge in [0.25, 0.3) is 0 Å². The summed E-state index contributed by atoms with van der Waals surface area (Å²) in [5, 5.41) is 10.9. The minimum atomic E-state index is 0.692. The number of rotatable bonds is 4. The average Bonchev–Trinajstić information content (AvgIpc) is 2.96. The molecule has 1 atom stereocenters. The van der Waals surface area contributed by atoms with E-state index >= 15 is 0 Å². The predicted molar refractivity (Wildman–Crippen MR) is 79.9 cm³/mol. The summed E-state index contributed by atoms with van der Waals surface area (Å²) in [5.41, 5.74) is 3.48. The van der Waals surface area contributed by atoms with Crippen LogP contribution in [0, 0.1) is 5.92 Å². The lowest BCUT2D eigenvalue weighted by Crippen LogP contribution is -2.31. The number of hydrogen-bond acceptors (Lipinski definition) is 3. The number of methoxy groups -OCH3 is 1. The van der Waals surface area contributed by atoms with Crippen LogP contribution in [0.2, 0.25) is 0 Å². The molecule has 1 aromatic carbocycles. The van der Waals surface area contributed by atoms with E-state index in [1.165, 1.54) is 18.5 Å². The van der Waals surface area contributed by atoms with Crippen LogP contribution in [-0.2, 0) is 6.42 Å². The lowest BCUT2D eigenvalue weighted by Gasteiger charge is -2.22. The van der Waals surface area contributed by atoms with Gasteiger partial charge in [0, 0.05) is 16.8 Å². The van der Waals surface area contributed by atoms with Crippen molar-refractivity contribution in [2.45, 2.75) is 19.3 Å². The molecule has 0 aliphatic carbocycles. The first kappa shape index (κ1) is 13.2. The first-order valence-corrected chi connectivity index (χ1v) is 7.25. The van der Waals surface area contributed by atoms with Crippen LogP contribution in [0.3, 0.4) is 0 Å². The molecule has 0 bridgehead atoms. The fraction of sp³-hybridized carbons (Fsp3) is 0.438. The molecule has 1 fully saturated rings. The Labute approximate surface area is 119 Å². The Morgan fingerprint density at radius 1 is 1.30 bits per heavy atom. The van der Waals surface area contributed by atoms with Crippen molar-refractivity contribution in [3.63, 3.8) is 0 Å². The molecule has 1 aromatic heterocycles. The third-order valence-electron chi connectivity index (χ3n) is 4.01. The van der Waals surface area contributed by atoms with Gasteiger partial charge in [-0.2, -0.15) is 5.10 Å². The standard InChI is InChI=1S/C16H21N3O/c1-20-16-7-3-2-6-13(16)14-11-18-19-15(14)9-12-5-4-8-17-10-12/h2-3,6-7,11-12,17H,4-5,8-10H2,1H3,(H,18,19). The van der Waals surface area contributed by atoms with E-state index in [0.29, 0.717) is 5.92 Å². The van der Waals surface area contributed by atoms with Gasteiger partial charge in [-0.15, -0.1) is 0 Å². The smallest absolute Gasteiger partial charge is 0.126 e. The molecule has 0 amide bonds. The zero-order valence-electron chi connectivity index (χ0n) is 11.9. The molecule has 2 N–H and O–H groups in total. The van der Waals surface area contributed by atoms with Crippen LogP contribution >= 0.6 is 0 Å². The third kappa shape index (κ3) is 2.70. The molecule has 0 radical (unpaired) electrons. The molecule has 1 aliphatic heterocycles. The van der Waals surface area contributed by atoms with Crippen molar-refractivity contribution in [3.05, 3.63) is 36.2 Å². The van der Waals surface area contributed by atoms with E-state index in [1.807, 2.05) is 24.4 Å². The molecular formula is C16H21N3O. The lowest BCUT2D eigenvalue weighted by atomic mass is 9.92. The van der Waals surface area contributed by atoms with Crippen molar-refractivity contribution in [2.75, 3.05) is 20.2 Å². The van der Waals surface area contributed by atoms with Crippen LogP contribution < -0.4 is 10.1 Å². The van der Waals surface area contributed by atoms with Crippen LogP contribution in [0.25, 0.3) is 11.1 Å². The van der Waals surface area contributed by atoms with Gasteiger partial charge < -0.3 is 10.1 Å². The maximum atomic E-state index is 5.46. The molecular weight excluding hydrogens is 250 g/mol. The van der Waals surface area contributed by atoms with Crippen LogP contribution in [0.1, 0.15) is 18.5 Å². The zero-order valence-corrected chi connectivity index (χ0v) is 11.9. The van der Waals surface area contributed by atoms with E-state index in [-0.39, 0.29) is 0 Å². The van der Waals surface area contributed by atoms with Crippen molar-refractivity contribution in [2.24, 2.45) is 5.92 Å². The number of H-pyrrole nitrogens is 1. The second-order valence-electron chi connectivity index (χ2n) is 5.38. The van der Waals surface area contributed by atoms with Crippen molar-refractivity contribution >= 4 is 0 Å². The van der Waals surface area contributed by atoms with Crippen LogP contribution in [0.5, 0.6) is 5.75 Å². The van der Waals surface area contributed by atoms with Gasteiger partial charge in [0.2, 0.25) is 0 Å². The third-order valence-corrected chi connectivity index (χ3v) is 4.01. The minimum Gasteiger partial charge on any atom is -0.496 e. The van der Waals surface area contributed by atoms with Gasteiger partial charge >= 0.3 is 0 Å². The molecule has 1 aliphatic rings. The van der Waals surface area contributed by atoms with Gasteiger partial charge in [-0.1, -0.05) is 18.2 Å². The summed E-state index contributed by atoms with van der Waals surface area (Å²) in [4.78, 5) is 0. The van der Waals surface area contributed by atoms with Crippen molar-refractivity contribution < 1.29 is 4.74 Å². The quantitative estimate of drug-likeness (QED) is 0.898. The van der Waals surface area contributed by atoms with Crippen molar-refractivity contribution in [3.8, 4) is 16.9 Å². The van der Waals surface area contributed by atoms with Gasteiger partial charge in [0.15, 0.2) is 0 Å². The summed E-state index contributed by atoms with van der Waals surface area (Å²) < 4.78 is 5.46. The summed E-state index contributed by atoms with van der Waals surface area (Å²) in [5.74, 6) is 1.59. The maximum Gasteiger partial charge on any atom is 0.126 e. The zero-order chi connectivity index (χ0) is 13.8. The Balaban J connectivity index is 1.85. The number of nitrogens with zero attached hydrogens (tertiary/aromatic N) is 1. The van der Waals surface area contributed by atoms with Gasteiger partial charge in [0.1, 0.15) is 5.75 Å².